The lowest BCUT2D eigenvalue weighted by Gasteiger charge is -2.27. The molecule has 0 saturated heterocycles. The van der Waals surface area contributed by atoms with Gasteiger partial charge in [0.25, 0.3) is 5.91 Å². The predicted octanol–water partition coefficient (Wildman–Crippen LogP) is 2.83. The zero-order chi connectivity index (χ0) is 18.1. The van der Waals surface area contributed by atoms with Crippen LogP contribution < -0.4 is 0 Å². The third-order valence-corrected chi connectivity index (χ3v) is 4.60. The zero-order valence-electron chi connectivity index (χ0n) is 14.5. The first-order chi connectivity index (χ1) is 12.7. The predicted molar refractivity (Wildman–Crippen MR) is 93.4 cm³/mol. The maximum Gasteiger partial charge on any atom is 0.273 e. The molecule has 1 amide bonds. The number of hydrogen-bond acceptors (Lipinski definition) is 5. The zero-order valence-corrected chi connectivity index (χ0v) is 14.5. The summed E-state index contributed by atoms with van der Waals surface area (Å²) in [5.74, 6) is 0.511. The lowest BCUT2D eigenvalue weighted by Crippen LogP contribution is -2.37. The molecule has 1 atom stereocenters. The second-order valence-corrected chi connectivity index (χ2v) is 6.00. The standard InChI is InChI=1S/C19H19N3O4/c1-24-14(25-2)11-22-18(13-9-6-10-26-13)15-16(12-7-4-3-5-8-12)20-21-17(15)19(22)23/h3-10,14,18H,11H2,1-2H3,(H,20,21). The van der Waals surface area contributed by atoms with Gasteiger partial charge in [0.15, 0.2) is 6.29 Å². The van der Waals surface area contributed by atoms with Crippen molar-refractivity contribution in [2.75, 3.05) is 20.8 Å². The Hall–Kier alpha value is -2.90. The first-order valence-electron chi connectivity index (χ1n) is 8.28. The van der Waals surface area contributed by atoms with E-state index in [9.17, 15) is 4.79 Å². The van der Waals surface area contributed by atoms with Crippen molar-refractivity contribution in [2.24, 2.45) is 0 Å². The minimum absolute atomic E-state index is 0.157. The van der Waals surface area contributed by atoms with Gasteiger partial charge in [-0.1, -0.05) is 30.3 Å². The summed E-state index contributed by atoms with van der Waals surface area (Å²) in [7, 11) is 3.10. The molecular formula is C19H19N3O4. The second-order valence-electron chi connectivity index (χ2n) is 6.00. The van der Waals surface area contributed by atoms with Gasteiger partial charge in [0.1, 0.15) is 17.5 Å². The number of aromatic nitrogens is 2. The van der Waals surface area contributed by atoms with Gasteiger partial charge in [0, 0.05) is 25.3 Å². The molecule has 4 rings (SSSR count). The number of hydrogen-bond donors (Lipinski definition) is 1. The average molecular weight is 353 g/mol. The third kappa shape index (κ3) is 2.61. The van der Waals surface area contributed by atoms with Crippen molar-refractivity contribution in [1.82, 2.24) is 15.1 Å². The molecule has 134 valence electrons. The Labute approximate surface area is 150 Å². The lowest BCUT2D eigenvalue weighted by molar-refractivity contribution is -0.114. The van der Waals surface area contributed by atoms with E-state index in [0.29, 0.717) is 11.5 Å². The summed E-state index contributed by atoms with van der Waals surface area (Å²) in [6, 6.07) is 13.0. The number of nitrogens with zero attached hydrogens (tertiary/aromatic N) is 2. The lowest BCUT2D eigenvalue weighted by atomic mass is 10.0. The first-order valence-corrected chi connectivity index (χ1v) is 8.28. The Kier molecular flexibility index (Phi) is 4.32. The van der Waals surface area contributed by atoms with Crippen LogP contribution in [-0.2, 0) is 9.47 Å². The van der Waals surface area contributed by atoms with Crippen LogP contribution in [0, 0.1) is 0 Å². The fraction of sp³-hybridized carbons (Fsp3) is 0.263. The summed E-state index contributed by atoms with van der Waals surface area (Å²) in [6.07, 6.45) is 1.07. The molecule has 0 aliphatic carbocycles. The van der Waals surface area contributed by atoms with Crippen molar-refractivity contribution in [3.05, 3.63) is 65.7 Å². The fourth-order valence-corrected chi connectivity index (χ4v) is 3.35. The quantitative estimate of drug-likeness (QED) is 0.689. The minimum atomic E-state index is -0.534. The van der Waals surface area contributed by atoms with E-state index in [1.807, 2.05) is 42.5 Å². The van der Waals surface area contributed by atoms with Gasteiger partial charge in [0.05, 0.1) is 18.5 Å². The van der Waals surface area contributed by atoms with E-state index in [4.69, 9.17) is 13.9 Å². The molecule has 1 N–H and O–H groups in total. The number of benzene rings is 1. The Morgan fingerprint density at radius 3 is 2.62 bits per heavy atom. The smallest absolute Gasteiger partial charge is 0.273 e. The Bertz CT molecular complexity index is 885. The number of carbonyl (C=O) groups excluding carboxylic acids is 1. The van der Waals surface area contributed by atoms with E-state index < -0.39 is 12.3 Å². The number of amides is 1. The highest BCUT2D eigenvalue weighted by Gasteiger charge is 2.44. The van der Waals surface area contributed by atoms with Gasteiger partial charge in [-0.05, 0) is 12.1 Å². The number of aromatic amines is 1. The molecule has 7 heteroatoms. The van der Waals surface area contributed by atoms with Crippen LogP contribution in [0.5, 0.6) is 0 Å². The van der Waals surface area contributed by atoms with Gasteiger partial charge < -0.3 is 18.8 Å². The summed E-state index contributed by atoms with van der Waals surface area (Å²) in [5.41, 5.74) is 2.95. The van der Waals surface area contributed by atoms with Crippen molar-refractivity contribution >= 4 is 5.91 Å². The summed E-state index contributed by atoms with van der Waals surface area (Å²) < 4.78 is 16.2. The molecule has 0 fully saturated rings. The van der Waals surface area contributed by atoms with Crippen LogP contribution in [0.25, 0.3) is 11.3 Å². The normalized spacial score (nSPS) is 16.5. The topological polar surface area (TPSA) is 80.6 Å². The summed E-state index contributed by atoms with van der Waals surface area (Å²) in [4.78, 5) is 14.7. The minimum Gasteiger partial charge on any atom is -0.467 e. The number of carbonyl (C=O) groups is 1. The molecule has 0 bridgehead atoms. The van der Waals surface area contributed by atoms with Crippen molar-refractivity contribution < 1.29 is 18.7 Å². The Morgan fingerprint density at radius 1 is 1.19 bits per heavy atom. The molecule has 2 aromatic heterocycles. The molecule has 3 aromatic rings. The molecule has 1 aromatic carbocycles. The van der Waals surface area contributed by atoms with E-state index in [1.165, 1.54) is 0 Å². The second kappa shape index (κ2) is 6.78. The molecule has 1 unspecified atom stereocenters. The monoisotopic (exact) mass is 353 g/mol. The number of furan rings is 1. The van der Waals surface area contributed by atoms with Crippen LogP contribution in [0.4, 0.5) is 0 Å². The maximum absolute atomic E-state index is 13.0. The van der Waals surface area contributed by atoms with Crippen LogP contribution in [0.1, 0.15) is 27.9 Å². The van der Waals surface area contributed by atoms with Gasteiger partial charge in [-0.2, -0.15) is 5.10 Å². The number of rotatable bonds is 6. The molecule has 7 nitrogen and oxygen atoms in total. The van der Waals surface area contributed by atoms with E-state index >= 15 is 0 Å². The van der Waals surface area contributed by atoms with Gasteiger partial charge >= 0.3 is 0 Å². The molecule has 26 heavy (non-hydrogen) atoms. The molecule has 1 aliphatic rings. The molecular weight excluding hydrogens is 334 g/mol. The highest BCUT2D eigenvalue weighted by atomic mass is 16.7. The summed E-state index contributed by atoms with van der Waals surface area (Å²) in [6.45, 7) is 0.272. The Balaban J connectivity index is 1.82. The molecule has 0 saturated carbocycles. The largest absolute Gasteiger partial charge is 0.467 e. The average Bonchev–Trinajstić information content (AvgIpc) is 3.39. The van der Waals surface area contributed by atoms with Crippen LogP contribution in [0.2, 0.25) is 0 Å². The van der Waals surface area contributed by atoms with E-state index in [-0.39, 0.29) is 12.5 Å². The van der Waals surface area contributed by atoms with Crippen LogP contribution in [-0.4, -0.2) is 48.1 Å². The van der Waals surface area contributed by atoms with Crippen molar-refractivity contribution in [1.29, 1.82) is 0 Å². The van der Waals surface area contributed by atoms with E-state index in [2.05, 4.69) is 10.2 Å². The van der Waals surface area contributed by atoms with Gasteiger partial charge in [0.2, 0.25) is 0 Å². The Morgan fingerprint density at radius 2 is 1.96 bits per heavy atom. The number of H-pyrrole nitrogens is 1. The van der Waals surface area contributed by atoms with Gasteiger partial charge in [-0.15, -0.1) is 0 Å². The molecule has 0 radical (unpaired) electrons. The van der Waals surface area contributed by atoms with Gasteiger partial charge in [-0.25, -0.2) is 0 Å². The van der Waals surface area contributed by atoms with Crippen LogP contribution in [0.3, 0.4) is 0 Å². The SMILES string of the molecule is COC(CN1C(=O)c2[nH]nc(-c3ccccc3)c2C1c1ccco1)OC. The third-order valence-electron chi connectivity index (χ3n) is 4.60. The number of nitrogens with one attached hydrogen (secondary N) is 1. The highest BCUT2D eigenvalue weighted by Crippen LogP contribution is 2.42. The molecule has 1 aliphatic heterocycles. The summed E-state index contributed by atoms with van der Waals surface area (Å²) >= 11 is 0. The van der Waals surface area contributed by atoms with Crippen molar-refractivity contribution in [2.45, 2.75) is 12.3 Å². The van der Waals surface area contributed by atoms with Crippen LogP contribution in [0.15, 0.2) is 53.1 Å². The summed E-state index contributed by atoms with van der Waals surface area (Å²) in [5, 5.41) is 7.30. The van der Waals surface area contributed by atoms with Crippen LogP contribution >= 0.6 is 0 Å². The van der Waals surface area contributed by atoms with Crippen molar-refractivity contribution in [3.8, 4) is 11.3 Å². The van der Waals surface area contributed by atoms with Gasteiger partial charge in [-0.3, -0.25) is 9.89 Å². The van der Waals surface area contributed by atoms with E-state index in [0.717, 1.165) is 16.8 Å². The highest BCUT2D eigenvalue weighted by molar-refractivity contribution is 6.00. The molecule has 3 heterocycles. The number of methoxy groups -OCH3 is 2. The number of ether oxygens (including phenoxy) is 2. The van der Waals surface area contributed by atoms with Crippen molar-refractivity contribution in [3.63, 3.8) is 0 Å². The number of fused-ring (bicyclic) bond motifs is 1. The maximum atomic E-state index is 13.0. The van der Waals surface area contributed by atoms with E-state index in [1.54, 1.807) is 25.4 Å². The first kappa shape index (κ1) is 16.6. The molecule has 0 spiro atoms. The fourth-order valence-electron chi connectivity index (χ4n) is 3.35.